The topological polar surface area (TPSA) is 17.8 Å². The maximum Gasteiger partial charge on any atom is 0.0710 e. The molecule has 0 unspecified atom stereocenters. The molecule has 4 aromatic rings. The van der Waals surface area contributed by atoms with Gasteiger partial charge in [0.15, 0.2) is 0 Å². The van der Waals surface area contributed by atoms with Gasteiger partial charge in [-0.1, -0.05) is 54.1 Å². The van der Waals surface area contributed by atoms with Crippen LogP contribution in [0.4, 0.5) is 0 Å². The second-order valence-corrected chi connectivity index (χ2v) is 7.18. The molecule has 0 spiro atoms. The van der Waals surface area contributed by atoms with Crippen LogP contribution >= 0.6 is 11.6 Å². The zero-order chi connectivity index (χ0) is 18.1. The monoisotopic (exact) mass is 360 g/mol. The highest BCUT2D eigenvalue weighted by Crippen LogP contribution is 2.29. The van der Waals surface area contributed by atoms with E-state index in [1.54, 1.807) is 0 Å². The predicted octanol–water partition coefficient (Wildman–Crippen LogP) is 5.95. The van der Waals surface area contributed by atoms with Gasteiger partial charge in [0.1, 0.15) is 0 Å². The highest BCUT2D eigenvalue weighted by atomic mass is 35.5. The molecule has 0 radical (unpaired) electrons. The number of fused-ring (bicyclic) bond motifs is 1. The third kappa shape index (κ3) is 3.13. The third-order valence-corrected chi connectivity index (χ3v) is 5.34. The lowest BCUT2D eigenvalue weighted by Gasteiger charge is -2.12. The van der Waals surface area contributed by atoms with Crippen molar-refractivity contribution in [3.05, 3.63) is 100.0 Å². The van der Waals surface area contributed by atoms with Gasteiger partial charge in [-0.3, -0.25) is 4.98 Å². The molecule has 0 atom stereocenters. The van der Waals surface area contributed by atoms with E-state index in [1.807, 2.05) is 18.3 Å². The van der Waals surface area contributed by atoms with Gasteiger partial charge in [0.2, 0.25) is 0 Å². The van der Waals surface area contributed by atoms with Crippen LogP contribution < -0.4 is 0 Å². The Labute approximate surface area is 159 Å². The number of nitrogens with zero attached hydrogens (tertiary/aromatic N) is 2. The standard InChI is InChI=1S/C23H21ClN2/c1-16-17(2)26(15-19-8-10-20(24)11-9-19)23-21(16)12-13-25-22(23)14-18-6-4-3-5-7-18/h3-13H,14-15H2,1-2H3. The van der Waals surface area contributed by atoms with Crippen LogP contribution in [0, 0.1) is 13.8 Å². The number of rotatable bonds is 4. The summed E-state index contributed by atoms with van der Waals surface area (Å²) in [6.45, 7) is 5.21. The Balaban J connectivity index is 1.83. The first-order valence-corrected chi connectivity index (χ1v) is 9.23. The van der Waals surface area contributed by atoms with E-state index in [0.29, 0.717) is 0 Å². The molecule has 2 heterocycles. The van der Waals surface area contributed by atoms with Gasteiger partial charge in [-0.05, 0) is 48.7 Å². The van der Waals surface area contributed by atoms with Gasteiger partial charge in [0.25, 0.3) is 0 Å². The first kappa shape index (κ1) is 16.9. The van der Waals surface area contributed by atoms with Crippen LogP contribution in [0.15, 0.2) is 66.9 Å². The quantitative estimate of drug-likeness (QED) is 0.440. The predicted molar refractivity (Wildman–Crippen MR) is 109 cm³/mol. The van der Waals surface area contributed by atoms with Crippen LogP contribution in [0.5, 0.6) is 0 Å². The van der Waals surface area contributed by atoms with Crippen molar-refractivity contribution in [3.63, 3.8) is 0 Å². The highest BCUT2D eigenvalue weighted by Gasteiger charge is 2.15. The van der Waals surface area contributed by atoms with Crippen LogP contribution in [-0.2, 0) is 13.0 Å². The van der Waals surface area contributed by atoms with Crippen molar-refractivity contribution >= 4 is 22.5 Å². The molecule has 0 aliphatic rings. The summed E-state index contributed by atoms with van der Waals surface area (Å²) >= 11 is 6.04. The Morgan fingerprint density at radius 2 is 1.62 bits per heavy atom. The molecule has 4 rings (SSSR count). The number of aryl methyl sites for hydroxylation is 1. The van der Waals surface area contributed by atoms with Gasteiger partial charge >= 0.3 is 0 Å². The maximum atomic E-state index is 6.04. The van der Waals surface area contributed by atoms with E-state index in [2.05, 4.69) is 66.9 Å². The van der Waals surface area contributed by atoms with Crippen molar-refractivity contribution in [1.82, 2.24) is 9.55 Å². The average molecular weight is 361 g/mol. The van der Waals surface area contributed by atoms with Crippen molar-refractivity contribution < 1.29 is 0 Å². The zero-order valence-electron chi connectivity index (χ0n) is 15.0. The summed E-state index contributed by atoms with van der Waals surface area (Å²) in [6.07, 6.45) is 2.77. The fourth-order valence-corrected chi connectivity index (χ4v) is 3.68. The highest BCUT2D eigenvalue weighted by molar-refractivity contribution is 6.30. The lowest BCUT2D eigenvalue weighted by Crippen LogP contribution is -2.05. The van der Waals surface area contributed by atoms with Crippen molar-refractivity contribution in [2.24, 2.45) is 0 Å². The second kappa shape index (κ2) is 6.97. The molecule has 0 bridgehead atoms. The number of hydrogen-bond acceptors (Lipinski definition) is 1. The number of pyridine rings is 1. The Kier molecular flexibility index (Phi) is 4.52. The minimum absolute atomic E-state index is 0.769. The molecular weight excluding hydrogens is 340 g/mol. The summed E-state index contributed by atoms with van der Waals surface area (Å²) in [5, 5.41) is 2.06. The molecule has 0 N–H and O–H groups in total. The molecule has 0 saturated carbocycles. The molecule has 3 heteroatoms. The van der Waals surface area contributed by atoms with Crippen molar-refractivity contribution in [2.75, 3.05) is 0 Å². The Morgan fingerprint density at radius 1 is 0.885 bits per heavy atom. The zero-order valence-corrected chi connectivity index (χ0v) is 15.8. The smallest absolute Gasteiger partial charge is 0.0710 e. The normalized spacial score (nSPS) is 11.2. The first-order valence-electron chi connectivity index (χ1n) is 8.85. The summed E-state index contributed by atoms with van der Waals surface area (Å²) in [7, 11) is 0. The lowest BCUT2D eigenvalue weighted by atomic mass is 10.1. The second-order valence-electron chi connectivity index (χ2n) is 6.74. The molecule has 130 valence electrons. The largest absolute Gasteiger partial charge is 0.339 e. The van der Waals surface area contributed by atoms with Crippen LogP contribution in [0.3, 0.4) is 0 Å². The van der Waals surface area contributed by atoms with Crippen LogP contribution in [-0.4, -0.2) is 9.55 Å². The summed E-state index contributed by atoms with van der Waals surface area (Å²) in [5.41, 5.74) is 7.49. The molecule has 0 saturated heterocycles. The number of halogens is 1. The summed E-state index contributed by atoms with van der Waals surface area (Å²) in [5.74, 6) is 0. The molecular formula is C23H21ClN2. The summed E-state index contributed by atoms with van der Waals surface area (Å²) in [4.78, 5) is 4.73. The van der Waals surface area contributed by atoms with E-state index in [1.165, 1.54) is 33.3 Å². The minimum Gasteiger partial charge on any atom is -0.339 e. The molecule has 0 aliphatic carbocycles. The number of aromatic nitrogens is 2. The van der Waals surface area contributed by atoms with Crippen LogP contribution in [0.25, 0.3) is 10.9 Å². The molecule has 26 heavy (non-hydrogen) atoms. The van der Waals surface area contributed by atoms with E-state index in [-0.39, 0.29) is 0 Å². The van der Waals surface area contributed by atoms with E-state index in [9.17, 15) is 0 Å². The Hall–Kier alpha value is -2.58. The summed E-state index contributed by atoms with van der Waals surface area (Å²) in [6, 6.07) is 20.8. The fraction of sp³-hybridized carbons (Fsp3) is 0.174. The fourth-order valence-electron chi connectivity index (χ4n) is 3.55. The molecule has 2 aromatic heterocycles. The molecule has 2 nitrogen and oxygen atoms in total. The molecule has 0 fully saturated rings. The van der Waals surface area contributed by atoms with Crippen LogP contribution in [0.1, 0.15) is 28.1 Å². The van der Waals surface area contributed by atoms with E-state index >= 15 is 0 Å². The van der Waals surface area contributed by atoms with Gasteiger partial charge in [0.05, 0.1) is 11.2 Å². The molecule has 0 aliphatic heterocycles. The van der Waals surface area contributed by atoms with E-state index < -0.39 is 0 Å². The van der Waals surface area contributed by atoms with Crippen molar-refractivity contribution in [2.45, 2.75) is 26.8 Å². The maximum absolute atomic E-state index is 6.04. The third-order valence-electron chi connectivity index (χ3n) is 5.09. The van der Waals surface area contributed by atoms with Gasteiger partial charge < -0.3 is 4.57 Å². The van der Waals surface area contributed by atoms with Crippen molar-refractivity contribution in [1.29, 1.82) is 0 Å². The van der Waals surface area contributed by atoms with Gasteiger partial charge in [-0.25, -0.2) is 0 Å². The number of benzene rings is 2. The van der Waals surface area contributed by atoms with Crippen molar-refractivity contribution in [3.8, 4) is 0 Å². The first-order chi connectivity index (χ1) is 12.6. The Morgan fingerprint density at radius 3 is 2.35 bits per heavy atom. The number of hydrogen-bond donors (Lipinski definition) is 0. The van der Waals surface area contributed by atoms with Crippen LogP contribution in [0.2, 0.25) is 5.02 Å². The van der Waals surface area contributed by atoms with E-state index in [4.69, 9.17) is 16.6 Å². The van der Waals surface area contributed by atoms with Gasteiger partial charge in [-0.15, -0.1) is 0 Å². The summed E-state index contributed by atoms with van der Waals surface area (Å²) < 4.78 is 2.39. The SMILES string of the molecule is Cc1c(C)n(Cc2ccc(Cl)cc2)c2c(Cc3ccccc3)nccc12. The molecule has 2 aromatic carbocycles. The van der Waals surface area contributed by atoms with Gasteiger partial charge in [-0.2, -0.15) is 0 Å². The molecule has 0 amide bonds. The average Bonchev–Trinajstić information content (AvgIpc) is 2.90. The minimum atomic E-state index is 0.769. The lowest BCUT2D eigenvalue weighted by molar-refractivity contribution is 0.794. The van der Waals surface area contributed by atoms with Gasteiger partial charge in [0, 0.05) is 35.3 Å². The Bertz CT molecular complexity index is 1050. The van der Waals surface area contributed by atoms with E-state index in [0.717, 1.165) is 23.7 Å².